The van der Waals surface area contributed by atoms with Gasteiger partial charge in [-0.3, -0.25) is 10.2 Å². The molecule has 1 aromatic carbocycles. The summed E-state index contributed by atoms with van der Waals surface area (Å²) in [6, 6.07) is 2.98. The Morgan fingerprint density at radius 2 is 2.14 bits per heavy atom. The van der Waals surface area contributed by atoms with Crippen molar-refractivity contribution in [2.75, 3.05) is 12.1 Å². The molecule has 0 aliphatic heterocycles. The highest BCUT2D eigenvalue weighted by Crippen LogP contribution is 2.30. The summed E-state index contributed by atoms with van der Waals surface area (Å²) >= 11 is 3.36. The Bertz CT molecular complexity index is 632. The van der Waals surface area contributed by atoms with Gasteiger partial charge in [0.05, 0.1) is 11.9 Å². The first-order valence-electron chi connectivity index (χ1n) is 5.95. The van der Waals surface area contributed by atoms with Crippen LogP contribution in [0.1, 0.15) is 11.5 Å². The van der Waals surface area contributed by atoms with E-state index in [-0.39, 0.29) is 0 Å². The Labute approximate surface area is 134 Å². The molecule has 0 saturated carbocycles. The number of carbonyl (C=O) groups is 1. The number of halogens is 2. The van der Waals surface area contributed by atoms with Crippen molar-refractivity contribution < 1.29 is 13.6 Å². The predicted octanol–water partition coefficient (Wildman–Crippen LogP) is 1.66. The summed E-state index contributed by atoms with van der Waals surface area (Å²) in [6.45, 7) is 0. The van der Waals surface area contributed by atoms with Crippen LogP contribution in [0.5, 0.6) is 0 Å². The van der Waals surface area contributed by atoms with Crippen molar-refractivity contribution in [1.82, 2.24) is 10.4 Å². The number of hydrazine groups is 2. The second-order valence-corrected chi connectivity index (χ2v) is 4.74. The minimum absolute atomic E-state index is 0.298. The first kappa shape index (κ1) is 17.8. The number of nitrogens with one attached hydrogen (secondary N) is 1. The number of aromatic nitrogens is 1. The molecule has 118 valence electrons. The molecule has 0 atom stereocenters. The topological polar surface area (TPSA) is 110 Å². The Kier molecular flexibility index (Phi) is 7.23. The van der Waals surface area contributed by atoms with Gasteiger partial charge in [-0.05, 0) is 18.2 Å². The molecule has 1 heterocycles. The van der Waals surface area contributed by atoms with Crippen molar-refractivity contribution in [3.63, 3.8) is 0 Å². The molecule has 1 amide bonds. The molecule has 0 aliphatic carbocycles. The van der Waals surface area contributed by atoms with Crippen molar-refractivity contribution in [2.24, 2.45) is 11.7 Å². The number of hydrogen-bond donors (Lipinski definition) is 3. The van der Waals surface area contributed by atoms with E-state index >= 15 is 0 Å². The molecule has 0 bridgehead atoms. The number of anilines is 1. The molecular formula is C13H15BrFN5O2. The fourth-order valence-corrected chi connectivity index (χ4v) is 2.00. The highest BCUT2D eigenvalue weighted by atomic mass is 79.9. The normalized spacial score (nSPS) is 10.0. The number of carbonyl (C=O) groups excluding carboxylic acids is 1. The van der Waals surface area contributed by atoms with Crippen LogP contribution in [-0.2, 0) is 4.79 Å². The van der Waals surface area contributed by atoms with E-state index in [0.717, 1.165) is 4.47 Å². The van der Waals surface area contributed by atoms with Crippen molar-refractivity contribution in [2.45, 2.75) is 0 Å². The summed E-state index contributed by atoms with van der Waals surface area (Å²) in [7, 11) is 1.58. The molecule has 5 N–H and O–H groups in total. The number of rotatable bonds is 4. The summed E-state index contributed by atoms with van der Waals surface area (Å²) in [5.74, 6) is 10.1. The number of benzene rings is 1. The minimum atomic E-state index is -0.393. The lowest BCUT2D eigenvalue weighted by molar-refractivity contribution is -0.109. The van der Waals surface area contributed by atoms with E-state index in [1.807, 2.05) is 0 Å². The summed E-state index contributed by atoms with van der Waals surface area (Å²) in [4.78, 5) is 12.9. The summed E-state index contributed by atoms with van der Waals surface area (Å²) in [5.41, 5.74) is 2.67. The van der Waals surface area contributed by atoms with Crippen LogP contribution in [0.2, 0.25) is 0 Å². The molecule has 0 radical (unpaired) electrons. The summed E-state index contributed by atoms with van der Waals surface area (Å²) < 4.78 is 19.5. The number of oxazole rings is 1. The first-order chi connectivity index (χ1) is 10.5. The van der Waals surface area contributed by atoms with E-state index in [4.69, 9.17) is 15.1 Å². The van der Waals surface area contributed by atoms with Crippen LogP contribution in [0.4, 0.5) is 10.1 Å². The zero-order valence-corrected chi connectivity index (χ0v) is 13.2. The van der Waals surface area contributed by atoms with Gasteiger partial charge >= 0.3 is 0 Å². The van der Waals surface area contributed by atoms with Crippen molar-refractivity contribution >= 4 is 40.2 Å². The average molecular weight is 372 g/mol. The molecule has 22 heavy (non-hydrogen) atoms. The minimum Gasteiger partial charge on any atom is -0.445 e. The maximum absolute atomic E-state index is 13.7. The third-order valence-corrected chi connectivity index (χ3v) is 3.07. The van der Waals surface area contributed by atoms with Gasteiger partial charge in [0, 0.05) is 23.2 Å². The zero-order chi connectivity index (χ0) is 16.5. The van der Waals surface area contributed by atoms with Gasteiger partial charge < -0.3 is 9.43 Å². The van der Waals surface area contributed by atoms with Gasteiger partial charge in [0.2, 0.25) is 12.3 Å². The molecule has 2 aromatic rings. The molecule has 9 heteroatoms. The monoisotopic (exact) mass is 371 g/mol. The lowest BCUT2D eigenvalue weighted by Gasteiger charge is -2.17. The third kappa shape index (κ3) is 4.95. The van der Waals surface area contributed by atoms with Crippen LogP contribution in [0.25, 0.3) is 12.2 Å². The lowest BCUT2D eigenvalue weighted by atomic mass is 10.1. The number of nitrogens with two attached hydrogens (primary N) is 2. The Hall–Kier alpha value is -2.23. The van der Waals surface area contributed by atoms with Crippen LogP contribution in [-0.4, -0.2) is 18.4 Å². The van der Waals surface area contributed by atoms with E-state index < -0.39 is 5.82 Å². The number of nitrogens with zero attached hydrogens (tertiary/aromatic N) is 2. The largest absolute Gasteiger partial charge is 0.445 e. The van der Waals surface area contributed by atoms with Crippen LogP contribution < -0.4 is 22.1 Å². The van der Waals surface area contributed by atoms with E-state index in [0.29, 0.717) is 23.6 Å². The highest BCUT2D eigenvalue weighted by molar-refractivity contribution is 9.10. The van der Waals surface area contributed by atoms with Crippen molar-refractivity contribution in [1.29, 1.82) is 0 Å². The van der Waals surface area contributed by atoms with Crippen LogP contribution in [0.3, 0.4) is 0 Å². The molecule has 2 rings (SSSR count). The molecule has 7 nitrogen and oxygen atoms in total. The standard InChI is InChI=1S/C12H11BrFN3O.CH4N2O/c1-17(15)12-8(9(13)3-4-10(12)14)2-5-11-16-6-7-18-11;2-3-1-4/h2-7H,15H2,1H3;1H,2H2,(H,3,4)/b5-2+;. The van der Waals surface area contributed by atoms with Gasteiger partial charge in [-0.1, -0.05) is 15.9 Å². The van der Waals surface area contributed by atoms with Gasteiger partial charge in [0.15, 0.2) is 0 Å². The second-order valence-electron chi connectivity index (χ2n) is 3.89. The Morgan fingerprint density at radius 1 is 1.45 bits per heavy atom. The predicted molar refractivity (Wildman–Crippen MR) is 85.5 cm³/mol. The van der Waals surface area contributed by atoms with E-state index in [9.17, 15) is 4.39 Å². The summed E-state index contributed by atoms with van der Waals surface area (Å²) in [5, 5.41) is 1.23. The second kappa shape index (κ2) is 8.93. The highest BCUT2D eigenvalue weighted by Gasteiger charge is 2.12. The van der Waals surface area contributed by atoms with Crippen LogP contribution in [0, 0.1) is 5.82 Å². The molecule has 0 unspecified atom stereocenters. The summed E-state index contributed by atoms with van der Waals surface area (Å²) in [6.07, 6.45) is 6.75. The Morgan fingerprint density at radius 3 is 2.64 bits per heavy atom. The van der Waals surface area contributed by atoms with Crippen molar-refractivity contribution in [3.05, 3.63) is 46.3 Å². The molecular weight excluding hydrogens is 357 g/mol. The van der Waals surface area contributed by atoms with E-state index in [2.05, 4.69) is 26.8 Å². The molecule has 0 aliphatic rings. The molecule has 0 saturated heterocycles. The van der Waals surface area contributed by atoms with Gasteiger partial charge in [-0.25, -0.2) is 21.1 Å². The van der Waals surface area contributed by atoms with E-state index in [1.165, 1.54) is 23.5 Å². The van der Waals surface area contributed by atoms with E-state index in [1.54, 1.807) is 30.7 Å². The third-order valence-electron chi connectivity index (χ3n) is 2.38. The average Bonchev–Trinajstić information content (AvgIpc) is 3.01. The first-order valence-corrected chi connectivity index (χ1v) is 6.74. The van der Waals surface area contributed by atoms with Crippen LogP contribution in [0.15, 0.2) is 33.5 Å². The van der Waals surface area contributed by atoms with Gasteiger partial charge in [-0.2, -0.15) is 0 Å². The number of hydrogen-bond acceptors (Lipinski definition) is 6. The Balaban J connectivity index is 0.000000541. The number of amides is 1. The molecule has 0 fully saturated rings. The fraction of sp³-hybridized carbons (Fsp3) is 0.0769. The quantitative estimate of drug-likeness (QED) is 0.326. The smallest absolute Gasteiger partial charge is 0.221 e. The SMILES string of the molecule is CN(N)c1c(F)ccc(Br)c1/C=C/c1ncco1.NNC=O. The van der Waals surface area contributed by atoms with Crippen LogP contribution >= 0.6 is 15.9 Å². The maximum atomic E-state index is 13.7. The molecule has 0 spiro atoms. The maximum Gasteiger partial charge on any atom is 0.221 e. The molecule has 1 aromatic heterocycles. The van der Waals surface area contributed by atoms with Gasteiger partial charge in [-0.15, -0.1) is 0 Å². The lowest BCUT2D eigenvalue weighted by Crippen LogP contribution is -2.27. The zero-order valence-electron chi connectivity index (χ0n) is 11.7. The van der Waals surface area contributed by atoms with Crippen molar-refractivity contribution in [3.8, 4) is 0 Å². The fourth-order valence-electron chi connectivity index (χ4n) is 1.55. The van der Waals surface area contributed by atoms with Gasteiger partial charge in [0.1, 0.15) is 12.1 Å². The van der Waals surface area contributed by atoms with Gasteiger partial charge in [0.25, 0.3) is 0 Å².